The van der Waals surface area contributed by atoms with Crippen molar-refractivity contribution in [1.29, 1.82) is 0 Å². The van der Waals surface area contributed by atoms with Crippen LogP contribution in [0.1, 0.15) is 25.6 Å². The number of carbonyl (C=O) groups is 1. The van der Waals surface area contributed by atoms with Crippen LogP contribution < -0.4 is 0 Å². The van der Waals surface area contributed by atoms with Gasteiger partial charge >= 0.3 is 0 Å². The van der Waals surface area contributed by atoms with Crippen LogP contribution in [0.2, 0.25) is 0 Å². The van der Waals surface area contributed by atoms with Gasteiger partial charge < -0.3 is 9.47 Å². The van der Waals surface area contributed by atoms with E-state index in [0.717, 1.165) is 13.1 Å². The van der Waals surface area contributed by atoms with Crippen LogP contribution in [0.5, 0.6) is 0 Å². The van der Waals surface area contributed by atoms with Crippen molar-refractivity contribution in [2.45, 2.75) is 26.4 Å². The quantitative estimate of drug-likeness (QED) is 0.699. The molecule has 1 aliphatic rings. The molecular formula is C13H18N2O. The summed E-state index contributed by atoms with van der Waals surface area (Å²) in [6.45, 7) is 9.53. The van der Waals surface area contributed by atoms with E-state index in [1.165, 1.54) is 11.8 Å². The molecule has 0 bridgehead atoms. The topological polar surface area (TPSA) is 25.2 Å². The molecule has 0 aromatic carbocycles. The first-order valence-electron chi connectivity index (χ1n) is 5.73. The highest BCUT2D eigenvalue weighted by molar-refractivity contribution is 5.87. The van der Waals surface area contributed by atoms with Gasteiger partial charge in [-0.3, -0.25) is 4.79 Å². The summed E-state index contributed by atoms with van der Waals surface area (Å²) >= 11 is 0. The molecule has 0 aliphatic carbocycles. The fourth-order valence-electron chi connectivity index (χ4n) is 2.48. The molecule has 1 aromatic rings. The minimum absolute atomic E-state index is 0.0335. The van der Waals surface area contributed by atoms with Crippen LogP contribution in [0.3, 0.4) is 0 Å². The Bertz CT molecular complexity index is 406. The van der Waals surface area contributed by atoms with E-state index in [4.69, 9.17) is 0 Å². The second-order valence-electron chi connectivity index (χ2n) is 4.55. The lowest BCUT2D eigenvalue weighted by Gasteiger charge is -2.38. The minimum Gasteiger partial charge on any atom is -0.348 e. The molecule has 0 saturated carbocycles. The van der Waals surface area contributed by atoms with Gasteiger partial charge in [0.25, 0.3) is 0 Å². The van der Waals surface area contributed by atoms with Crippen molar-refractivity contribution in [3.63, 3.8) is 0 Å². The molecule has 1 aliphatic heterocycles. The highest BCUT2D eigenvalue weighted by Crippen LogP contribution is 2.32. The molecule has 1 atom stereocenters. The Labute approximate surface area is 96.4 Å². The van der Waals surface area contributed by atoms with Crippen molar-refractivity contribution in [3.05, 3.63) is 36.7 Å². The van der Waals surface area contributed by atoms with E-state index >= 15 is 0 Å². The maximum atomic E-state index is 11.8. The standard InChI is InChI=1S/C13H18N2O/c1-4-12(16)15-9-8-14-7-5-6-11(14)13(15)10(2)3/h4-7,10,13H,1,8-9H2,2-3H3. The van der Waals surface area contributed by atoms with Gasteiger partial charge in [-0.05, 0) is 24.1 Å². The lowest BCUT2D eigenvalue weighted by molar-refractivity contribution is -0.130. The normalized spacial score (nSPS) is 19.7. The molecule has 0 saturated heterocycles. The lowest BCUT2D eigenvalue weighted by Crippen LogP contribution is -2.43. The number of nitrogens with zero attached hydrogens (tertiary/aromatic N) is 2. The molecule has 2 heterocycles. The molecule has 0 spiro atoms. The Morgan fingerprint density at radius 1 is 1.56 bits per heavy atom. The lowest BCUT2D eigenvalue weighted by atomic mass is 9.97. The highest BCUT2D eigenvalue weighted by atomic mass is 16.2. The predicted octanol–water partition coefficient (Wildman–Crippen LogP) is 2.21. The fourth-order valence-corrected chi connectivity index (χ4v) is 2.48. The van der Waals surface area contributed by atoms with Crippen LogP contribution in [-0.4, -0.2) is 21.9 Å². The summed E-state index contributed by atoms with van der Waals surface area (Å²) in [6.07, 6.45) is 3.49. The molecule has 86 valence electrons. The highest BCUT2D eigenvalue weighted by Gasteiger charge is 2.31. The molecular weight excluding hydrogens is 200 g/mol. The van der Waals surface area contributed by atoms with Gasteiger partial charge in [0.2, 0.25) is 5.91 Å². The number of hydrogen-bond acceptors (Lipinski definition) is 1. The van der Waals surface area contributed by atoms with Gasteiger partial charge in [0, 0.05) is 25.0 Å². The van der Waals surface area contributed by atoms with Gasteiger partial charge in [-0.25, -0.2) is 0 Å². The van der Waals surface area contributed by atoms with Crippen LogP contribution >= 0.6 is 0 Å². The molecule has 3 nitrogen and oxygen atoms in total. The fraction of sp³-hybridized carbons (Fsp3) is 0.462. The zero-order valence-electron chi connectivity index (χ0n) is 9.89. The second kappa shape index (κ2) is 4.16. The Balaban J connectivity index is 2.38. The van der Waals surface area contributed by atoms with Crippen molar-refractivity contribution in [2.75, 3.05) is 6.54 Å². The van der Waals surface area contributed by atoms with Gasteiger partial charge in [-0.1, -0.05) is 20.4 Å². The molecule has 3 heteroatoms. The minimum atomic E-state index is 0.0335. The van der Waals surface area contributed by atoms with E-state index in [1.54, 1.807) is 0 Å². The summed E-state index contributed by atoms with van der Waals surface area (Å²) in [4.78, 5) is 13.7. The number of carbonyl (C=O) groups excluding carboxylic acids is 1. The predicted molar refractivity (Wildman–Crippen MR) is 63.9 cm³/mol. The summed E-state index contributed by atoms with van der Waals surface area (Å²) in [5.41, 5.74) is 1.23. The molecule has 0 radical (unpaired) electrons. The number of amides is 1. The monoisotopic (exact) mass is 218 g/mol. The van der Waals surface area contributed by atoms with E-state index in [9.17, 15) is 4.79 Å². The van der Waals surface area contributed by atoms with Gasteiger partial charge in [0.05, 0.1) is 6.04 Å². The molecule has 1 amide bonds. The van der Waals surface area contributed by atoms with E-state index in [0.29, 0.717) is 5.92 Å². The van der Waals surface area contributed by atoms with Crippen molar-refractivity contribution >= 4 is 5.91 Å². The van der Waals surface area contributed by atoms with Crippen molar-refractivity contribution in [3.8, 4) is 0 Å². The first-order valence-corrected chi connectivity index (χ1v) is 5.73. The molecule has 2 rings (SSSR count). The third kappa shape index (κ3) is 1.66. The van der Waals surface area contributed by atoms with E-state index in [-0.39, 0.29) is 11.9 Å². The number of fused-ring (bicyclic) bond motifs is 1. The first kappa shape index (κ1) is 11.0. The van der Waals surface area contributed by atoms with E-state index < -0.39 is 0 Å². The van der Waals surface area contributed by atoms with Crippen molar-refractivity contribution in [2.24, 2.45) is 5.92 Å². The third-order valence-electron chi connectivity index (χ3n) is 3.17. The largest absolute Gasteiger partial charge is 0.348 e. The van der Waals surface area contributed by atoms with Gasteiger partial charge in [0.15, 0.2) is 0 Å². The summed E-state index contributed by atoms with van der Waals surface area (Å²) < 4.78 is 2.23. The Morgan fingerprint density at radius 2 is 2.31 bits per heavy atom. The summed E-state index contributed by atoms with van der Waals surface area (Å²) in [5, 5.41) is 0. The first-order chi connectivity index (χ1) is 7.65. The maximum Gasteiger partial charge on any atom is 0.246 e. The van der Waals surface area contributed by atoms with Crippen molar-refractivity contribution in [1.82, 2.24) is 9.47 Å². The SMILES string of the molecule is C=CC(=O)N1CCn2cccc2C1C(C)C. The summed E-state index contributed by atoms with van der Waals surface area (Å²) in [6, 6.07) is 4.33. The van der Waals surface area contributed by atoms with Crippen LogP contribution in [0, 0.1) is 5.92 Å². The van der Waals surface area contributed by atoms with Crippen LogP contribution in [0.4, 0.5) is 0 Å². The smallest absolute Gasteiger partial charge is 0.246 e. The molecule has 0 fully saturated rings. The Morgan fingerprint density at radius 3 is 2.94 bits per heavy atom. The summed E-state index contributed by atoms with van der Waals surface area (Å²) in [5.74, 6) is 0.448. The van der Waals surface area contributed by atoms with E-state index in [1.807, 2.05) is 11.0 Å². The molecule has 0 N–H and O–H groups in total. The maximum absolute atomic E-state index is 11.8. The summed E-state index contributed by atoms with van der Waals surface area (Å²) in [7, 11) is 0. The number of hydrogen-bond donors (Lipinski definition) is 0. The van der Waals surface area contributed by atoms with Gasteiger partial charge in [0.1, 0.15) is 0 Å². The third-order valence-corrected chi connectivity index (χ3v) is 3.17. The van der Waals surface area contributed by atoms with Gasteiger partial charge in [-0.15, -0.1) is 0 Å². The number of rotatable bonds is 2. The zero-order valence-corrected chi connectivity index (χ0v) is 9.89. The average molecular weight is 218 g/mol. The van der Waals surface area contributed by atoms with Gasteiger partial charge in [-0.2, -0.15) is 0 Å². The average Bonchev–Trinajstić information content (AvgIpc) is 2.73. The number of aromatic nitrogens is 1. The molecule has 16 heavy (non-hydrogen) atoms. The van der Waals surface area contributed by atoms with Crippen LogP contribution in [0.25, 0.3) is 0 Å². The molecule has 1 aromatic heterocycles. The zero-order chi connectivity index (χ0) is 11.7. The van der Waals surface area contributed by atoms with E-state index in [2.05, 4.69) is 37.3 Å². The Hall–Kier alpha value is -1.51. The Kier molecular flexibility index (Phi) is 2.86. The molecule has 1 unspecified atom stereocenters. The second-order valence-corrected chi connectivity index (χ2v) is 4.55. The van der Waals surface area contributed by atoms with Crippen molar-refractivity contribution < 1.29 is 4.79 Å². The van der Waals surface area contributed by atoms with Crippen LogP contribution in [-0.2, 0) is 11.3 Å². The van der Waals surface area contributed by atoms with Crippen LogP contribution in [0.15, 0.2) is 31.0 Å².